The molecule has 10 rings (SSSR count). The summed E-state index contributed by atoms with van der Waals surface area (Å²) >= 11 is 0. The normalized spacial score (nSPS) is 13.3. The predicted molar refractivity (Wildman–Crippen MR) is 215 cm³/mol. The molecular formula is C50H33NO3. The second kappa shape index (κ2) is 12.8. The average Bonchev–Trinajstić information content (AvgIpc) is 3.24. The van der Waals surface area contributed by atoms with Gasteiger partial charge in [-0.25, -0.2) is 0 Å². The zero-order chi connectivity index (χ0) is 36.1. The van der Waals surface area contributed by atoms with E-state index in [4.69, 9.17) is 9.47 Å². The second-order valence-electron chi connectivity index (χ2n) is 13.6. The number of hydrogen-bond donors (Lipinski definition) is 0. The number of rotatable bonds is 6. The third-order valence-corrected chi connectivity index (χ3v) is 10.6. The van der Waals surface area contributed by atoms with Gasteiger partial charge in [0.1, 0.15) is 0 Å². The van der Waals surface area contributed by atoms with Crippen LogP contribution in [0.25, 0.3) is 11.1 Å². The van der Waals surface area contributed by atoms with Crippen LogP contribution in [0, 0.1) is 0 Å². The van der Waals surface area contributed by atoms with Gasteiger partial charge in [0.25, 0.3) is 0 Å². The minimum atomic E-state index is -0.674. The Labute approximate surface area is 314 Å². The molecule has 8 aromatic rings. The van der Waals surface area contributed by atoms with Crippen molar-refractivity contribution in [2.75, 3.05) is 4.90 Å². The molecule has 0 aromatic heterocycles. The number of para-hydroxylation sites is 2. The highest BCUT2D eigenvalue weighted by Gasteiger charge is 2.46. The van der Waals surface area contributed by atoms with Gasteiger partial charge < -0.3 is 14.4 Å². The molecule has 4 heteroatoms. The van der Waals surface area contributed by atoms with Crippen LogP contribution >= 0.6 is 0 Å². The fraction of sp³-hybridized carbons (Fsp3) is 0.0200. The lowest BCUT2D eigenvalue weighted by Gasteiger charge is -2.41. The first kappa shape index (κ1) is 31.6. The molecule has 1 aliphatic carbocycles. The monoisotopic (exact) mass is 695 g/mol. The van der Waals surface area contributed by atoms with E-state index in [0.29, 0.717) is 34.1 Å². The maximum Gasteiger partial charge on any atom is 0.193 e. The van der Waals surface area contributed by atoms with Crippen molar-refractivity contribution in [3.63, 3.8) is 0 Å². The molecule has 0 N–H and O–H groups in total. The lowest BCUT2D eigenvalue weighted by atomic mass is 9.59. The summed E-state index contributed by atoms with van der Waals surface area (Å²) in [5.74, 6) is 2.54. The lowest BCUT2D eigenvalue weighted by molar-refractivity contribution is 0.103. The van der Waals surface area contributed by atoms with Gasteiger partial charge in [-0.15, -0.1) is 0 Å². The van der Waals surface area contributed by atoms with Crippen LogP contribution in [0.5, 0.6) is 23.0 Å². The number of carbonyl (C=O) groups is 1. The van der Waals surface area contributed by atoms with Gasteiger partial charge in [-0.3, -0.25) is 4.79 Å². The molecule has 0 saturated carbocycles. The molecule has 0 saturated heterocycles. The highest BCUT2D eigenvalue weighted by atomic mass is 16.6. The molecule has 0 fully saturated rings. The molecule has 1 heterocycles. The van der Waals surface area contributed by atoms with Gasteiger partial charge in [0.15, 0.2) is 28.8 Å². The Morgan fingerprint density at radius 1 is 0.370 bits per heavy atom. The first-order valence-corrected chi connectivity index (χ1v) is 18.1. The molecule has 4 nitrogen and oxygen atoms in total. The topological polar surface area (TPSA) is 38.8 Å². The Hall–Kier alpha value is -7.17. The minimum absolute atomic E-state index is 0.0206. The van der Waals surface area contributed by atoms with Crippen molar-refractivity contribution in [2.24, 2.45) is 0 Å². The van der Waals surface area contributed by atoms with Gasteiger partial charge >= 0.3 is 0 Å². The number of benzene rings is 8. The summed E-state index contributed by atoms with van der Waals surface area (Å²) in [4.78, 5) is 16.6. The van der Waals surface area contributed by atoms with Crippen LogP contribution in [0.15, 0.2) is 200 Å². The molecular weight excluding hydrogens is 663 g/mol. The van der Waals surface area contributed by atoms with E-state index in [0.717, 1.165) is 50.4 Å². The Bertz CT molecular complexity index is 2600. The van der Waals surface area contributed by atoms with Crippen molar-refractivity contribution in [3.8, 4) is 34.1 Å². The summed E-state index contributed by atoms with van der Waals surface area (Å²) in [5.41, 5.74) is 9.80. The molecule has 1 aliphatic heterocycles. The first-order chi connectivity index (χ1) is 26.7. The summed E-state index contributed by atoms with van der Waals surface area (Å²) in [6, 6.07) is 68.0. The molecule has 8 aromatic carbocycles. The molecule has 2 aliphatic rings. The van der Waals surface area contributed by atoms with E-state index < -0.39 is 5.41 Å². The number of ether oxygens (including phenoxy) is 2. The number of ketones is 1. The van der Waals surface area contributed by atoms with Gasteiger partial charge in [0.05, 0.1) is 11.1 Å². The van der Waals surface area contributed by atoms with E-state index in [1.54, 1.807) is 0 Å². The third-order valence-electron chi connectivity index (χ3n) is 10.6. The van der Waals surface area contributed by atoms with Crippen molar-refractivity contribution in [1.29, 1.82) is 0 Å². The SMILES string of the molecule is O=C1c2ccccc2C(c2ccccc2)(c2ccccc2)c2ccc(-c3ccc4c(c3)Oc3ccc(N(c5ccccc5)c5ccccc5)cc3O4)cc21. The lowest BCUT2D eigenvalue weighted by Crippen LogP contribution is -2.38. The van der Waals surface area contributed by atoms with Gasteiger partial charge in [0, 0.05) is 28.6 Å². The highest BCUT2D eigenvalue weighted by Crippen LogP contribution is 2.52. The smallest absolute Gasteiger partial charge is 0.193 e. The molecule has 0 atom stereocenters. The summed E-state index contributed by atoms with van der Waals surface area (Å²) in [6.07, 6.45) is 0. The summed E-state index contributed by atoms with van der Waals surface area (Å²) in [6.45, 7) is 0. The van der Waals surface area contributed by atoms with Crippen molar-refractivity contribution in [2.45, 2.75) is 5.41 Å². The van der Waals surface area contributed by atoms with Crippen molar-refractivity contribution < 1.29 is 14.3 Å². The molecule has 0 radical (unpaired) electrons. The Morgan fingerprint density at radius 2 is 0.852 bits per heavy atom. The minimum Gasteiger partial charge on any atom is -0.449 e. The standard InChI is InChI=1S/C50H33NO3/c52-49-41-23-13-14-24-43(41)50(36-15-5-1-6-16-36,37-17-7-2-8-18-37)44-28-25-34(31-42(44)49)35-26-29-45-47(32-35)53-46-30-27-40(33-48(46)54-45)51(38-19-9-3-10-20-38)39-21-11-4-12-22-39/h1-33H. The van der Waals surface area contributed by atoms with Crippen LogP contribution in [0.1, 0.15) is 38.2 Å². The molecule has 256 valence electrons. The number of hydrogen-bond acceptors (Lipinski definition) is 4. The van der Waals surface area contributed by atoms with Crippen LogP contribution in [-0.4, -0.2) is 5.78 Å². The summed E-state index contributed by atoms with van der Waals surface area (Å²) in [7, 11) is 0. The first-order valence-electron chi connectivity index (χ1n) is 18.1. The van der Waals surface area contributed by atoms with Crippen LogP contribution in [-0.2, 0) is 5.41 Å². The number of anilines is 3. The van der Waals surface area contributed by atoms with Gasteiger partial charge in [-0.1, -0.05) is 140 Å². The van der Waals surface area contributed by atoms with E-state index in [-0.39, 0.29) is 5.78 Å². The highest BCUT2D eigenvalue weighted by molar-refractivity contribution is 6.14. The van der Waals surface area contributed by atoms with Crippen molar-refractivity contribution in [1.82, 2.24) is 0 Å². The summed E-state index contributed by atoms with van der Waals surface area (Å²) in [5, 5.41) is 0. The van der Waals surface area contributed by atoms with Gasteiger partial charge in [0.2, 0.25) is 0 Å². The van der Waals surface area contributed by atoms with Crippen LogP contribution in [0.3, 0.4) is 0 Å². The molecule has 0 bridgehead atoms. The number of carbonyl (C=O) groups excluding carboxylic acids is 1. The fourth-order valence-corrected chi connectivity index (χ4v) is 8.19. The Kier molecular flexibility index (Phi) is 7.48. The van der Waals surface area contributed by atoms with Gasteiger partial charge in [-0.05, 0) is 88.0 Å². The van der Waals surface area contributed by atoms with Crippen molar-refractivity contribution >= 4 is 22.8 Å². The maximum absolute atomic E-state index is 14.4. The molecule has 0 spiro atoms. The number of fused-ring (bicyclic) bond motifs is 4. The largest absolute Gasteiger partial charge is 0.449 e. The van der Waals surface area contributed by atoms with E-state index in [1.165, 1.54) is 0 Å². The summed E-state index contributed by atoms with van der Waals surface area (Å²) < 4.78 is 13.0. The fourth-order valence-electron chi connectivity index (χ4n) is 8.19. The maximum atomic E-state index is 14.4. The van der Waals surface area contributed by atoms with Gasteiger partial charge in [-0.2, -0.15) is 0 Å². The predicted octanol–water partition coefficient (Wildman–Crippen LogP) is 12.6. The Balaban J connectivity index is 1.04. The zero-order valence-corrected chi connectivity index (χ0v) is 29.2. The van der Waals surface area contributed by atoms with Crippen LogP contribution in [0.4, 0.5) is 17.1 Å². The molecule has 0 unspecified atom stereocenters. The van der Waals surface area contributed by atoms with E-state index in [2.05, 4.69) is 102 Å². The van der Waals surface area contributed by atoms with Crippen LogP contribution < -0.4 is 14.4 Å². The molecule has 0 amide bonds. The van der Waals surface area contributed by atoms with Crippen LogP contribution in [0.2, 0.25) is 0 Å². The van der Waals surface area contributed by atoms with Crippen molar-refractivity contribution in [3.05, 3.63) is 234 Å². The second-order valence-corrected chi connectivity index (χ2v) is 13.6. The average molecular weight is 696 g/mol. The number of nitrogens with zero attached hydrogens (tertiary/aromatic N) is 1. The van der Waals surface area contributed by atoms with E-state index in [1.807, 2.05) is 103 Å². The van der Waals surface area contributed by atoms with E-state index >= 15 is 0 Å². The zero-order valence-electron chi connectivity index (χ0n) is 29.2. The third kappa shape index (κ3) is 5.03. The Morgan fingerprint density at radius 3 is 1.48 bits per heavy atom. The molecule has 54 heavy (non-hydrogen) atoms. The quantitative estimate of drug-likeness (QED) is 0.174. The van der Waals surface area contributed by atoms with E-state index in [9.17, 15) is 4.79 Å².